The quantitative estimate of drug-likeness (QED) is 0.490. The van der Waals surface area contributed by atoms with Gasteiger partial charge in [-0.1, -0.05) is 26.8 Å². The Kier molecular flexibility index (Phi) is 3.49. The van der Waals surface area contributed by atoms with E-state index in [1.807, 2.05) is 6.92 Å². The second-order valence-corrected chi connectivity index (χ2v) is 9.40. The molecule has 1 unspecified atom stereocenters. The molecule has 4 aliphatic carbocycles. The van der Waals surface area contributed by atoms with Crippen LogP contribution < -0.4 is 0 Å². The van der Waals surface area contributed by atoms with Crippen LogP contribution in [0.2, 0.25) is 0 Å². The molecule has 0 aromatic carbocycles. The van der Waals surface area contributed by atoms with Crippen molar-refractivity contribution < 1.29 is 24.9 Å². The summed E-state index contributed by atoms with van der Waals surface area (Å²) in [6.07, 6.45) is 1.25. The molecule has 4 aliphatic rings. The van der Waals surface area contributed by atoms with E-state index in [1.165, 1.54) is 0 Å². The van der Waals surface area contributed by atoms with E-state index in [1.54, 1.807) is 0 Å². The smallest absolute Gasteiger partial charge is 0.170 e. The lowest BCUT2D eigenvalue weighted by molar-refractivity contribution is -0.236. The van der Waals surface area contributed by atoms with Crippen LogP contribution in [0.15, 0.2) is 12.2 Å². The highest BCUT2D eigenvalue weighted by Crippen LogP contribution is 2.70. The maximum absolute atomic E-state index is 13.2. The molecule has 0 heterocycles. The number of Topliss-reactive ketones (excluding diaryl/α,β-unsaturated/α-hetero) is 1. The zero-order valence-electron chi connectivity index (χ0n) is 14.9. The molecule has 0 saturated heterocycles. The molecule has 9 atom stereocenters. The van der Waals surface area contributed by atoms with Crippen molar-refractivity contribution in [2.45, 2.75) is 64.3 Å². The van der Waals surface area contributed by atoms with E-state index in [-0.39, 0.29) is 28.6 Å². The number of aliphatic hydroxyl groups excluding tert-OH is 3. The molecule has 3 N–H and O–H groups in total. The third-order valence-electron chi connectivity index (χ3n) is 8.48. The predicted octanol–water partition coefficient (Wildman–Crippen LogP) is 1.25. The van der Waals surface area contributed by atoms with Crippen molar-refractivity contribution in [2.75, 3.05) is 0 Å². The Hall–Kier alpha value is -1.04. The number of carbonyl (C=O) groups excluding carboxylic acids is 2. The van der Waals surface area contributed by atoms with Crippen LogP contribution in [0, 0.1) is 34.0 Å². The van der Waals surface area contributed by atoms with E-state index in [9.17, 15) is 24.9 Å². The van der Waals surface area contributed by atoms with Crippen molar-refractivity contribution in [2.24, 2.45) is 34.0 Å². The number of ketones is 1. The van der Waals surface area contributed by atoms with Gasteiger partial charge in [0.1, 0.15) is 6.29 Å². The average molecular weight is 348 g/mol. The molecule has 138 valence electrons. The van der Waals surface area contributed by atoms with E-state index in [0.717, 1.165) is 25.5 Å². The molecule has 1 spiro atoms. The Morgan fingerprint density at radius 2 is 1.80 bits per heavy atom. The van der Waals surface area contributed by atoms with E-state index >= 15 is 0 Å². The van der Waals surface area contributed by atoms with Crippen molar-refractivity contribution in [1.82, 2.24) is 0 Å². The summed E-state index contributed by atoms with van der Waals surface area (Å²) in [7, 11) is 0. The summed E-state index contributed by atoms with van der Waals surface area (Å²) in [5.74, 6) is -1.37. The molecule has 0 amide bonds. The number of hydrogen-bond donors (Lipinski definition) is 3. The molecule has 4 fully saturated rings. The maximum Gasteiger partial charge on any atom is 0.170 e. The minimum absolute atomic E-state index is 0.0607. The fourth-order valence-corrected chi connectivity index (χ4v) is 7.30. The number of aldehydes is 1. The zero-order valence-corrected chi connectivity index (χ0v) is 14.9. The summed E-state index contributed by atoms with van der Waals surface area (Å²) in [5.41, 5.74) is -1.94. The lowest BCUT2D eigenvalue weighted by atomic mass is 9.39. The zero-order chi connectivity index (χ0) is 18.4. The standard InChI is InChI=1S/C20H28O5/c1-10-15-11(22)7-13-19(3)6-4-5-18(2,9-21)12(19)8-14(23)20(13,16(10)24)17(15)25/h9,11-15,17,22-23,25H,1,4-8H2,2-3H3/t11-,12+,13-,14+,15+,17?,18+,19+,20-/m0/s1. The Balaban J connectivity index is 1.90. The highest BCUT2D eigenvalue weighted by atomic mass is 16.3. The van der Waals surface area contributed by atoms with Crippen molar-refractivity contribution in [3.8, 4) is 0 Å². The lowest BCUT2D eigenvalue weighted by Crippen LogP contribution is -2.68. The van der Waals surface area contributed by atoms with E-state index in [4.69, 9.17) is 0 Å². The van der Waals surface area contributed by atoms with Gasteiger partial charge in [0.25, 0.3) is 0 Å². The summed E-state index contributed by atoms with van der Waals surface area (Å²) >= 11 is 0. The van der Waals surface area contributed by atoms with E-state index in [0.29, 0.717) is 12.8 Å². The van der Waals surface area contributed by atoms with Gasteiger partial charge in [-0.15, -0.1) is 0 Å². The normalized spacial score (nSPS) is 57.8. The van der Waals surface area contributed by atoms with Crippen LogP contribution in [0.1, 0.15) is 46.0 Å². The van der Waals surface area contributed by atoms with Crippen molar-refractivity contribution >= 4 is 12.1 Å². The molecule has 0 aromatic heterocycles. The first-order chi connectivity index (χ1) is 11.6. The summed E-state index contributed by atoms with van der Waals surface area (Å²) in [6, 6.07) is 0. The van der Waals surface area contributed by atoms with E-state index in [2.05, 4.69) is 13.5 Å². The Bertz CT molecular complexity index is 658. The minimum Gasteiger partial charge on any atom is -0.392 e. The minimum atomic E-state index is -1.27. The average Bonchev–Trinajstić information content (AvgIpc) is 2.69. The number of aliphatic hydroxyl groups is 3. The van der Waals surface area contributed by atoms with Crippen LogP contribution in [-0.2, 0) is 9.59 Å². The fraction of sp³-hybridized carbons (Fsp3) is 0.800. The fourth-order valence-electron chi connectivity index (χ4n) is 7.30. The lowest BCUT2D eigenvalue weighted by Gasteiger charge is -2.65. The molecule has 2 bridgehead atoms. The van der Waals surface area contributed by atoms with Crippen LogP contribution in [-0.4, -0.2) is 45.7 Å². The number of rotatable bonds is 1. The Morgan fingerprint density at radius 3 is 2.44 bits per heavy atom. The second kappa shape index (κ2) is 5.02. The van der Waals surface area contributed by atoms with Crippen LogP contribution >= 0.6 is 0 Å². The monoisotopic (exact) mass is 348 g/mol. The Morgan fingerprint density at radius 1 is 1.12 bits per heavy atom. The summed E-state index contributed by atoms with van der Waals surface area (Å²) in [6.45, 7) is 7.87. The molecule has 0 aromatic rings. The topological polar surface area (TPSA) is 94.8 Å². The second-order valence-electron chi connectivity index (χ2n) is 9.40. The van der Waals surface area contributed by atoms with Gasteiger partial charge in [0.2, 0.25) is 0 Å². The third kappa shape index (κ3) is 1.75. The van der Waals surface area contributed by atoms with Crippen molar-refractivity contribution in [3.05, 3.63) is 12.2 Å². The highest BCUT2D eigenvalue weighted by Gasteiger charge is 2.75. The van der Waals surface area contributed by atoms with Gasteiger partial charge in [0.05, 0.1) is 23.7 Å². The van der Waals surface area contributed by atoms with Gasteiger partial charge >= 0.3 is 0 Å². The largest absolute Gasteiger partial charge is 0.392 e. The van der Waals surface area contributed by atoms with Gasteiger partial charge in [0.15, 0.2) is 5.78 Å². The van der Waals surface area contributed by atoms with Crippen LogP contribution in [0.25, 0.3) is 0 Å². The maximum atomic E-state index is 13.2. The predicted molar refractivity (Wildman–Crippen MR) is 90.4 cm³/mol. The van der Waals surface area contributed by atoms with Crippen LogP contribution in [0.4, 0.5) is 0 Å². The van der Waals surface area contributed by atoms with Crippen molar-refractivity contribution in [3.63, 3.8) is 0 Å². The SMILES string of the molecule is C=C1C(=O)[C@]23C(O)[C@H]1[C@@H](O)C[C@H]2[C@]1(C)CCC[C@](C)(C=O)[C@H]1C[C@H]3O. The molecule has 5 heteroatoms. The van der Waals surface area contributed by atoms with Gasteiger partial charge in [-0.05, 0) is 48.5 Å². The Labute approximate surface area is 148 Å². The number of fused-ring (bicyclic) bond motifs is 3. The number of hydrogen-bond acceptors (Lipinski definition) is 5. The first kappa shape index (κ1) is 17.4. The molecule has 5 nitrogen and oxygen atoms in total. The van der Waals surface area contributed by atoms with Gasteiger partial charge in [-0.25, -0.2) is 0 Å². The molecule has 4 rings (SSSR count). The molecular weight excluding hydrogens is 320 g/mol. The molecule has 25 heavy (non-hydrogen) atoms. The first-order valence-electron chi connectivity index (χ1n) is 9.38. The summed E-state index contributed by atoms with van der Waals surface area (Å²) < 4.78 is 0. The number of carbonyl (C=O) groups is 2. The van der Waals surface area contributed by atoms with Crippen molar-refractivity contribution in [1.29, 1.82) is 0 Å². The van der Waals surface area contributed by atoms with Crippen LogP contribution in [0.5, 0.6) is 0 Å². The summed E-state index contributed by atoms with van der Waals surface area (Å²) in [4.78, 5) is 25.0. The van der Waals surface area contributed by atoms with Gasteiger partial charge < -0.3 is 20.1 Å². The molecular formula is C20H28O5. The van der Waals surface area contributed by atoms with Gasteiger partial charge in [-0.2, -0.15) is 0 Å². The molecule has 0 aliphatic heterocycles. The van der Waals surface area contributed by atoms with Gasteiger partial charge in [-0.3, -0.25) is 4.79 Å². The first-order valence-corrected chi connectivity index (χ1v) is 9.38. The van der Waals surface area contributed by atoms with E-state index < -0.39 is 35.1 Å². The molecule has 0 radical (unpaired) electrons. The summed E-state index contributed by atoms with van der Waals surface area (Å²) in [5, 5.41) is 32.7. The highest BCUT2D eigenvalue weighted by molar-refractivity contribution is 6.04. The molecule has 4 saturated carbocycles. The van der Waals surface area contributed by atoms with Crippen LogP contribution in [0.3, 0.4) is 0 Å². The van der Waals surface area contributed by atoms with Gasteiger partial charge in [0, 0.05) is 11.3 Å². The third-order valence-corrected chi connectivity index (χ3v) is 8.48.